The Morgan fingerprint density at radius 2 is 2.36 bits per heavy atom. The van der Waals surface area contributed by atoms with Gasteiger partial charge in [0.15, 0.2) is 5.78 Å². The summed E-state index contributed by atoms with van der Waals surface area (Å²) < 4.78 is 1.84. The van der Waals surface area contributed by atoms with Crippen LogP contribution in [0.1, 0.15) is 25.2 Å². The van der Waals surface area contributed by atoms with Gasteiger partial charge in [0.05, 0.1) is 11.7 Å². The quantitative estimate of drug-likeness (QED) is 0.768. The smallest absolute Gasteiger partial charge is 0.155 e. The molecule has 0 aliphatic carbocycles. The number of aryl methyl sites for hydroxylation is 2. The summed E-state index contributed by atoms with van der Waals surface area (Å²) in [5.41, 5.74) is 7.40. The van der Waals surface area contributed by atoms with E-state index in [2.05, 4.69) is 5.10 Å². The Hall–Kier alpha value is -1.16. The monoisotopic (exact) mass is 195 g/mol. The summed E-state index contributed by atoms with van der Waals surface area (Å²) in [5.74, 6) is 0.0552. The summed E-state index contributed by atoms with van der Waals surface area (Å²) in [4.78, 5) is 11.4. The molecule has 0 fully saturated rings. The van der Waals surface area contributed by atoms with Gasteiger partial charge in [-0.1, -0.05) is 0 Å². The van der Waals surface area contributed by atoms with Gasteiger partial charge >= 0.3 is 0 Å². The molecule has 0 aliphatic heterocycles. The average molecular weight is 195 g/mol. The Bertz CT molecular complexity index is 328. The van der Waals surface area contributed by atoms with Crippen molar-refractivity contribution < 1.29 is 4.79 Å². The fourth-order valence-electron chi connectivity index (χ4n) is 1.35. The highest BCUT2D eigenvalue weighted by atomic mass is 16.1. The molecule has 0 aromatic carbocycles. The van der Waals surface area contributed by atoms with Crippen molar-refractivity contribution in [3.05, 3.63) is 17.5 Å². The number of rotatable bonds is 4. The number of ketones is 1. The van der Waals surface area contributed by atoms with Crippen LogP contribution in [0, 0.1) is 6.92 Å². The Morgan fingerprint density at radius 1 is 1.71 bits per heavy atom. The summed E-state index contributed by atoms with van der Waals surface area (Å²) in [6.07, 6.45) is 0.381. The first-order valence-electron chi connectivity index (χ1n) is 4.86. The number of carbonyl (C=O) groups excluding carboxylic acids is 1. The fraction of sp³-hybridized carbons (Fsp3) is 0.600. The molecule has 0 saturated carbocycles. The molecule has 78 valence electrons. The second-order valence-electron chi connectivity index (χ2n) is 3.52. The van der Waals surface area contributed by atoms with Gasteiger partial charge in [0.2, 0.25) is 0 Å². The maximum Gasteiger partial charge on any atom is 0.155 e. The average Bonchev–Trinajstić information content (AvgIpc) is 2.45. The summed E-state index contributed by atoms with van der Waals surface area (Å²) in [6, 6.07) is 1.54. The van der Waals surface area contributed by atoms with Crippen molar-refractivity contribution in [1.29, 1.82) is 0 Å². The molecule has 1 heterocycles. The van der Waals surface area contributed by atoms with E-state index in [1.54, 1.807) is 6.92 Å². The number of aromatic nitrogens is 2. The first-order valence-corrected chi connectivity index (χ1v) is 4.86. The van der Waals surface area contributed by atoms with Gasteiger partial charge in [0.1, 0.15) is 0 Å². The molecule has 1 aromatic rings. The van der Waals surface area contributed by atoms with Crippen LogP contribution < -0.4 is 5.73 Å². The second-order valence-corrected chi connectivity index (χ2v) is 3.52. The Kier molecular flexibility index (Phi) is 3.41. The first kappa shape index (κ1) is 10.9. The van der Waals surface area contributed by atoms with E-state index in [1.807, 2.05) is 24.6 Å². The largest absolute Gasteiger partial charge is 0.322 e. The first-order chi connectivity index (χ1) is 6.54. The normalized spacial score (nSPS) is 12.9. The highest BCUT2D eigenvalue weighted by Gasteiger charge is 2.12. The molecular weight excluding hydrogens is 178 g/mol. The van der Waals surface area contributed by atoms with E-state index in [1.165, 1.54) is 0 Å². The number of hydrogen-bond acceptors (Lipinski definition) is 3. The molecular formula is C10H17N3O. The minimum atomic E-state index is -0.393. The van der Waals surface area contributed by atoms with Crippen molar-refractivity contribution in [3.63, 3.8) is 0 Å². The van der Waals surface area contributed by atoms with Crippen LogP contribution in [0.25, 0.3) is 0 Å². The van der Waals surface area contributed by atoms with Gasteiger partial charge in [-0.05, 0) is 26.8 Å². The van der Waals surface area contributed by atoms with E-state index in [4.69, 9.17) is 5.73 Å². The molecule has 0 radical (unpaired) electrons. The molecule has 1 unspecified atom stereocenters. The van der Waals surface area contributed by atoms with Gasteiger partial charge in [-0.25, -0.2) is 0 Å². The van der Waals surface area contributed by atoms with E-state index >= 15 is 0 Å². The SMILES string of the molecule is CCn1nc(C)cc1CC(=O)C(C)N. The number of nitrogens with zero attached hydrogens (tertiary/aromatic N) is 2. The van der Waals surface area contributed by atoms with Gasteiger partial charge in [-0.3, -0.25) is 9.48 Å². The lowest BCUT2D eigenvalue weighted by atomic mass is 10.1. The number of nitrogens with two attached hydrogens (primary N) is 1. The van der Waals surface area contributed by atoms with Crippen molar-refractivity contribution in [2.45, 2.75) is 39.8 Å². The van der Waals surface area contributed by atoms with E-state index in [0.29, 0.717) is 6.42 Å². The third-order valence-corrected chi connectivity index (χ3v) is 2.15. The lowest BCUT2D eigenvalue weighted by Crippen LogP contribution is -2.28. The molecule has 4 nitrogen and oxygen atoms in total. The molecule has 1 aromatic heterocycles. The maximum absolute atomic E-state index is 11.4. The zero-order valence-corrected chi connectivity index (χ0v) is 8.95. The van der Waals surface area contributed by atoms with Gasteiger partial charge in [0, 0.05) is 18.7 Å². The summed E-state index contributed by atoms with van der Waals surface area (Å²) in [6.45, 7) is 6.43. The van der Waals surface area contributed by atoms with Crippen LogP contribution in [0.2, 0.25) is 0 Å². The van der Waals surface area contributed by atoms with Crippen LogP contribution in [-0.2, 0) is 17.8 Å². The third-order valence-electron chi connectivity index (χ3n) is 2.15. The predicted molar refractivity (Wildman–Crippen MR) is 55.0 cm³/mol. The summed E-state index contributed by atoms with van der Waals surface area (Å²) in [7, 11) is 0. The highest BCUT2D eigenvalue weighted by Crippen LogP contribution is 2.05. The Morgan fingerprint density at radius 3 is 2.86 bits per heavy atom. The van der Waals surface area contributed by atoms with Crippen molar-refractivity contribution in [2.75, 3.05) is 0 Å². The topological polar surface area (TPSA) is 60.9 Å². The third kappa shape index (κ3) is 2.42. The Balaban J connectivity index is 2.80. The van der Waals surface area contributed by atoms with Crippen molar-refractivity contribution in [1.82, 2.24) is 9.78 Å². The van der Waals surface area contributed by atoms with Gasteiger partial charge in [0.25, 0.3) is 0 Å². The maximum atomic E-state index is 11.4. The van der Waals surface area contributed by atoms with E-state index < -0.39 is 6.04 Å². The number of Topliss-reactive ketones (excluding diaryl/α,β-unsaturated/α-hetero) is 1. The summed E-state index contributed by atoms with van der Waals surface area (Å²) >= 11 is 0. The van der Waals surface area contributed by atoms with Crippen LogP contribution in [-0.4, -0.2) is 21.6 Å². The molecule has 4 heteroatoms. The van der Waals surface area contributed by atoms with Crippen molar-refractivity contribution in [2.24, 2.45) is 5.73 Å². The van der Waals surface area contributed by atoms with Crippen LogP contribution >= 0.6 is 0 Å². The molecule has 14 heavy (non-hydrogen) atoms. The molecule has 0 spiro atoms. The molecule has 0 bridgehead atoms. The van der Waals surface area contributed by atoms with E-state index in [-0.39, 0.29) is 5.78 Å². The van der Waals surface area contributed by atoms with E-state index in [0.717, 1.165) is 17.9 Å². The van der Waals surface area contributed by atoms with Crippen LogP contribution in [0.3, 0.4) is 0 Å². The molecule has 0 amide bonds. The predicted octanol–water partition coefficient (Wildman–Crippen LogP) is 0.670. The van der Waals surface area contributed by atoms with Crippen LogP contribution in [0.4, 0.5) is 0 Å². The van der Waals surface area contributed by atoms with E-state index in [9.17, 15) is 4.79 Å². The number of hydrogen-bond donors (Lipinski definition) is 1. The van der Waals surface area contributed by atoms with Gasteiger partial charge in [-0.2, -0.15) is 5.10 Å². The lowest BCUT2D eigenvalue weighted by Gasteiger charge is -2.05. The zero-order chi connectivity index (χ0) is 10.7. The zero-order valence-electron chi connectivity index (χ0n) is 8.95. The molecule has 1 atom stereocenters. The summed E-state index contributed by atoms with van der Waals surface area (Å²) in [5, 5.41) is 4.27. The minimum absolute atomic E-state index is 0.0552. The van der Waals surface area contributed by atoms with Crippen molar-refractivity contribution in [3.8, 4) is 0 Å². The standard InChI is InChI=1S/C10H17N3O/c1-4-13-9(5-7(2)12-13)6-10(14)8(3)11/h5,8H,4,6,11H2,1-3H3. The Labute approximate surface area is 84.1 Å². The van der Waals surface area contributed by atoms with Crippen LogP contribution in [0.15, 0.2) is 6.07 Å². The highest BCUT2D eigenvalue weighted by molar-refractivity contribution is 5.85. The molecule has 2 N–H and O–H groups in total. The molecule has 0 saturated heterocycles. The van der Waals surface area contributed by atoms with Gasteiger partial charge < -0.3 is 5.73 Å². The second kappa shape index (κ2) is 4.37. The molecule has 1 rings (SSSR count). The van der Waals surface area contributed by atoms with Crippen molar-refractivity contribution >= 4 is 5.78 Å². The number of carbonyl (C=O) groups is 1. The lowest BCUT2D eigenvalue weighted by molar-refractivity contribution is -0.119. The van der Waals surface area contributed by atoms with Gasteiger partial charge in [-0.15, -0.1) is 0 Å². The minimum Gasteiger partial charge on any atom is -0.322 e. The van der Waals surface area contributed by atoms with Crippen LogP contribution in [0.5, 0.6) is 0 Å². The molecule has 0 aliphatic rings. The fourth-order valence-corrected chi connectivity index (χ4v) is 1.35.